The second-order valence-corrected chi connectivity index (χ2v) is 4.82. The van der Waals surface area contributed by atoms with E-state index >= 15 is 0 Å². The molecule has 0 bridgehead atoms. The van der Waals surface area contributed by atoms with Crippen molar-refractivity contribution in [2.75, 3.05) is 6.61 Å². The Balaban J connectivity index is 1.94. The number of carboxylic acids is 1. The topological polar surface area (TPSA) is 58.6 Å². The van der Waals surface area contributed by atoms with Crippen LogP contribution < -0.4 is 5.32 Å². The van der Waals surface area contributed by atoms with E-state index in [1.54, 1.807) is 0 Å². The first-order valence-corrected chi connectivity index (χ1v) is 6.22. The third-order valence-corrected chi connectivity index (χ3v) is 3.47. The molecular formula is C14H19NO3. The highest BCUT2D eigenvalue weighted by Crippen LogP contribution is 2.15. The first kappa shape index (κ1) is 13.1. The summed E-state index contributed by atoms with van der Waals surface area (Å²) in [4.78, 5) is 11.0. The first-order valence-electron chi connectivity index (χ1n) is 6.22. The molecule has 1 aromatic rings. The summed E-state index contributed by atoms with van der Waals surface area (Å²) in [5.41, 5.74) is 3.70. The van der Waals surface area contributed by atoms with Crippen molar-refractivity contribution < 1.29 is 14.6 Å². The van der Waals surface area contributed by atoms with Gasteiger partial charge in [-0.3, -0.25) is 0 Å². The van der Waals surface area contributed by atoms with Gasteiger partial charge in [0.25, 0.3) is 0 Å². The Morgan fingerprint density at radius 3 is 2.89 bits per heavy atom. The molecule has 4 heteroatoms. The maximum atomic E-state index is 11.0. The number of aryl methyl sites for hydroxylation is 2. The van der Waals surface area contributed by atoms with E-state index < -0.39 is 12.1 Å². The average molecular weight is 249 g/mol. The molecule has 1 aliphatic rings. The standard InChI is InChI=1S/C14H19NO3/c1-9-3-4-11(7-10(9)2)8-15-12-5-6-18-13(12)14(16)17/h3-4,7,12-13,15H,5-6,8H2,1-2H3,(H,16,17)/t12-,13+/m1/s1. The molecule has 0 aromatic heterocycles. The lowest BCUT2D eigenvalue weighted by Gasteiger charge is -2.16. The molecule has 1 aromatic carbocycles. The molecule has 0 radical (unpaired) electrons. The monoisotopic (exact) mass is 249 g/mol. The summed E-state index contributed by atoms with van der Waals surface area (Å²) >= 11 is 0. The minimum Gasteiger partial charge on any atom is -0.479 e. The van der Waals surface area contributed by atoms with Crippen molar-refractivity contribution in [1.82, 2.24) is 5.32 Å². The van der Waals surface area contributed by atoms with Gasteiger partial charge in [-0.15, -0.1) is 0 Å². The van der Waals surface area contributed by atoms with Gasteiger partial charge < -0.3 is 15.2 Å². The van der Waals surface area contributed by atoms with Crippen LogP contribution in [0.5, 0.6) is 0 Å². The fourth-order valence-corrected chi connectivity index (χ4v) is 2.20. The van der Waals surface area contributed by atoms with Gasteiger partial charge in [-0.05, 0) is 37.0 Å². The number of carboxylic acid groups (broad SMARTS) is 1. The lowest BCUT2D eigenvalue weighted by atomic mass is 10.1. The molecule has 98 valence electrons. The van der Waals surface area contributed by atoms with Crippen LogP contribution in [-0.2, 0) is 16.1 Å². The molecule has 2 rings (SSSR count). The molecule has 1 aliphatic heterocycles. The van der Waals surface area contributed by atoms with Gasteiger partial charge in [0.15, 0.2) is 6.10 Å². The van der Waals surface area contributed by atoms with Crippen LogP contribution in [0, 0.1) is 13.8 Å². The molecule has 4 nitrogen and oxygen atoms in total. The second-order valence-electron chi connectivity index (χ2n) is 4.82. The number of carbonyl (C=O) groups is 1. The number of nitrogens with one attached hydrogen (secondary N) is 1. The summed E-state index contributed by atoms with van der Waals surface area (Å²) < 4.78 is 5.20. The van der Waals surface area contributed by atoms with Gasteiger partial charge in [0.1, 0.15) is 0 Å². The zero-order valence-electron chi connectivity index (χ0n) is 10.8. The van der Waals surface area contributed by atoms with Crippen LogP contribution in [-0.4, -0.2) is 29.8 Å². The summed E-state index contributed by atoms with van der Waals surface area (Å²) in [6.07, 6.45) is 0.0403. The second kappa shape index (κ2) is 5.50. The van der Waals surface area contributed by atoms with Crippen molar-refractivity contribution in [3.8, 4) is 0 Å². The first-order chi connectivity index (χ1) is 8.58. The highest BCUT2D eigenvalue weighted by molar-refractivity contribution is 5.73. The van der Waals surface area contributed by atoms with Gasteiger partial charge in [-0.25, -0.2) is 4.79 Å². The van der Waals surface area contributed by atoms with E-state index in [1.807, 2.05) is 0 Å². The fraction of sp³-hybridized carbons (Fsp3) is 0.500. The quantitative estimate of drug-likeness (QED) is 0.851. The Morgan fingerprint density at radius 2 is 2.22 bits per heavy atom. The zero-order chi connectivity index (χ0) is 13.1. The number of aliphatic carboxylic acids is 1. The van der Waals surface area contributed by atoms with Crippen LogP contribution in [0.1, 0.15) is 23.1 Å². The lowest BCUT2D eigenvalue weighted by molar-refractivity contribution is -0.148. The molecule has 2 atom stereocenters. The number of hydrogen-bond acceptors (Lipinski definition) is 3. The predicted molar refractivity (Wildman–Crippen MR) is 68.5 cm³/mol. The van der Waals surface area contributed by atoms with Gasteiger partial charge in [0, 0.05) is 19.2 Å². The van der Waals surface area contributed by atoms with Crippen LogP contribution in [0.25, 0.3) is 0 Å². The molecule has 0 aliphatic carbocycles. The van der Waals surface area contributed by atoms with Crippen LogP contribution in [0.2, 0.25) is 0 Å². The third kappa shape index (κ3) is 2.89. The maximum absolute atomic E-state index is 11.0. The van der Waals surface area contributed by atoms with E-state index in [2.05, 4.69) is 37.4 Å². The minimum atomic E-state index is -0.884. The maximum Gasteiger partial charge on any atom is 0.334 e. The Kier molecular flexibility index (Phi) is 3.99. The van der Waals surface area contributed by atoms with E-state index in [9.17, 15) is 4.79 Å². The minimum absolute atomic E-state index is 0.0934. The van der Waals surface area contributed by atoms with E-state index in [1.165, 1.54) is 16.7 Å². The van der Waals surface area contributed by atoms with Gasteiger partial charge >= 0.3 is 5.97 Å². The van der Waals surface area contributed by atoms with Crippen LogP contribution in [0.3, 0.4) is 0 Å². The molecular weight excluding hydrogens is 230 g/mol. The smallest absolute Gasteiger partial charge is 0.334 e. The highest BCUT2D eigenvalue weighted by atomic mass is 16.5. The summed E-state index contributed by atoms with van der Waals surface area (Å²) in [7, 11) is 0. The SMILES string of the molecule is Cc1ccc(CN[C@@H]2CCO[C@@H]2C(=O)O)cc1C. The molecule has 1 saturated heterocycles. The van der Waals surface area contributed by atoms with Gasteiger partial charge in [0.05, 0.1) is 0 Å². The largest absolute Gasteiger partial charge is 0.479 e. The Hall–Kier alpha value is -1.39. The molecule has 1 heterocycles. The zero-order valence-corrected chi connectivity index (χ0v) is 10.8. The fourth-order valence-electron chi connectivity index (χ4n) is 2.20. The summed E-state index contributed by atoms with van der Waals surface area (Å²) in [5.74, 6) is -0.884. The van der Waals surface area contributed by atoms with Crippen LogP contribution in [0.15, 0.2) is 18.2 Å². The summed E-state index contributed by atoms with van der Waals surface area (Å²) in [5, 5.41) is 12.3. The highest BCUT2D eigenvalue weighted by Gasteiger charge is 2.33. The molecule has 0 unspecified atom stereocenters. The van der Waals surface area contributed by atoms with Gasteiger partial charge in [-0.2, -0.15) is 0 Å². The van der Waals surface area contributed by atoms with Crippen molar-refractivity contribution in [2.45, 2.75) is 39.0 Å². The van der Waals surface area contributed by atoms with Crippen molar-refractivity contribution in [1.29, 1.82) is 0 Å². The molecule has 0 amide bonds. The summed E-state index contributed by atoms with van der Waals surface area (Å²) in [6.45, 7) is 5.36. The Bertz CT molecular complexity index is 445. The van der Waals surface area contributed by atoms with E-state index in [-0.39, 0.29) is 6.04 Å². The van der Waals surface area contributed by atoms with Crippen molar-refractivity contribution >= 4 is 5.97 Å². The molecule has 2 N–H and O–H groups in total. The van der Waals surface area contributed by atoms with E-state index in [0.29, 0.717) is 13.2 Å². The van der Waals surface area contributed by atoms with Crippen LogP contribution >= 0.6 is 0 Å². The van der Waals surface area contributed by atoms with Crippen molar-refractivity contribution in [3.63, 3.8) is 0 Å². The molecule has 0 saturated carbocycles. The van der Waals surface area contributed by atoms with Crippen LogP contribution in [0.4, 0.5) is 0 Å². The number of benzene rings is 1. The number of rotatable bonds is 4. The lowest BCUT2D eigenvalue weighted by Crippen LogP contribution is -2.40. The van der Waals surface area contributed by atoms with Crippen molar-refractivity contribution in [3.05, 3.63) is 34.9 Å². The van der Waals surface area contributed by atoms with E-state index in [0.717, 1.165) is 6.42 Å². The molecule has 0 spiro atoms. The van der Waals surface area contributed by atoms with E-state index in [4.69, 9.17) is 9.84 Å². The predicted octanol–water partition coefficient (Wildman–Crippen LogP) is 1.64. The Morgan fingerprint density at radius 1 is 1.44 bits per heavy atom. The summed E-state index contributed by atoms with van der Waals surface area (Å²) in [6, 6.07) is 6.20. The number of ether oxygens (including phenoxy) is 1. The van der Waals surface area contributed by atoms with Gasteiger partial charge in [-0.1, -0.05) is 18.2 Å². The van der Waals surface area contributed by atoms with Crippen molar-refractivity contribution in [2.24, 2.45) is 0 Å². The third-order valence-electron chi connectivity index (χ3n) is 3.47. The Labute approximate surface area is 107 Å². The molecule has 18 heavy (non-hydrogen) atoms. The molecule has 1 fully saturated rings. The number of hydrogen-bond donors (Lipinski definition) is 2. The average Bonchev–Trinajstić information content (AvgIpc) is 2.79. The van der Waals surface area contributed by atoms with Gasteiger partial charge in [0.2, 0.25) is 0 Å². The normalized spacial score (nSPS) is 23.2.